The molecule has 5 N–H and O–H groups in total. The number of carbonyl (C=O) groups is 2. The van der Waals surface area contributed by atoms with Crippen molar-refractivity contribution in [2.75, 3.05) is 19.6 Å². The fourth-order valence-electron chi connectivity index (χ4n) is 4.85. The molecule has 0 aliphatic rings. The number of nitrogens with zero attached hydrogens (tertiary/aromatic N) is 3. The fourth-order valence-corrected chi connectivity index (χ4v) is 4.85. The predicted molar refractivity (Wildman–Crippen MR) is 157 cm³/mol. The topological polar surface area (TPSA) is 156 Å². The van der Waals surface area contributed by atoms with Gasteiger partial charge in [-0.3, -0.25) is 14.4 Å². The number of amides is 2. The fraction of sp³-hybridized carbons (Fsp3) is 0.200. The third kappa shape index (κ3) is 4.38. The number of aromatic amines is 1. The molecule has 0 atom stereocenters. The Bertz CT molecular complexity index is 2030. The van der Waals surface area contributed by atoms with Gasteiger partial charge < -0.3 is 21.4 Å². The molecule has 0 saturated carbocycles. The van der Waals surface area contributed by atoms with Crippen LogP contribution < -0.4 is 21.8 Å². The first kappa shape index (κ1) is 25.3. The smallest absolute Gasteiger partial charge is 0.269 e. The van der Waals surface area contributed by atoms with Crippen LogP contribution in [0.25, 0.3) is 54.6 Å². The Labute approximate surface area is 228 Å². The molecule has 6 rings (SSSR count). The monoisotopic (exact) mass is 533 g/mol. The SMILES string of the molecule is CCCCNC(=O)c1ccc2ccc3c(=O)c4cc5ccc6ccc(C(=O)NCCN)nc6c5nc4[nH]c3c2n1. The minimum Gasteiger partial charge on any atom is -0.351 e. The number of pyridine rings is 4. The summed E-state index contributed by atoms with van der Waals surface area (Å²) in [6.07, 6.45) is 1.85. The van der Waals surface area contributed by atoms with E-state index in [1.807, 2.05) is 30.3 Å². The molecule has 0 unspecified atom stereocenters. The number of H-pyrrole nitrogens is 1. The Morgan fingerprint density at radius 1 is 0.775 bits per heavy atom. The highest BCUT2D eigenvalue weighted by Gasteiger charge is 2.16. The maximum absolute atomic E-state index is 13.6. The molecule has 0 fully saturated rings. The lowest BCUT2D eigenvalue weighted by molar-refractivity contribution is 0.0941. The number of carbonyl (C=O) groups excluding carboxylic acids is 2. The van der Waals surface area contributed by atoms with Crippen molar-refractivity contribution in [3.05, 3.63) is 76.2 Å². The molecular weight excluding hydrogens is 506 g/mol. The summed E-state index contributed by atoms with van der Waals surface area (Å²) in [6, 6.07) is 16.1. The van der Waals surface area contributed by atoms with Gasteiger partial charge in [-0.1, -0.05) is 43.7 Å². The summed E-state index contributed by atoms with van der Waals surface area (Å²) < 4.78 is 0. The second-order valence-corrected chi connectivity index (χ2v) is 9.65. The van der Waals surface area contributed by atoms with Crippen LogP contribution >= 0.6 is 0 Å². The Morgan fingerprint density at radius 2 is 1.38 bits per heavy atom. The van der Waals surface area contributed by atoms with E-state index in [2.05, 4.69) is 32.5 Å². The highest BCUT2D eigenvalue weighted by atomic mass is 16.2. The molecule has 40 heavy (non-hydrogen) atoms. The van der Waals surface area contributed by atoms with E-state index >= 15 is 0 Å². The number of unbranched alkanes of at least 4 members (excludes halogenated alkanes) is 1. The van der Waals surface area contributed by atoms with Crippen LogP contribution in [-0.2, 0) is 0 Å². The molecule has 200 valence electrons. The van der Waals surface area contributed by atoms with Crippen molar-refractivity contribution in [3.8, 4) is 0 Å². The Kier molecular flexibility index (Phi) is 6.53. The van der Waals surface area contributed by atoms with Gasteiger partial charge in [-0.05, 0) is 30.7 Å². The third-order valence-corrected chi connectivity index (χ3v) is 6.95. The normalized spacial score (nSPS) is 11.6. The molecule has 10 heteroatoms. The second kappa shape index (κ2) is 10.3. The van der Waals surface area contributed by atoms with Crippen LogP contribution in [0.4, 0.5) is 0 Å². The van der Waals surface area contributed by atoms with Crippen LogP contribution in [0.2, 0.25) is 0 Å². The molecule has 4 heterocycles. The van der Waals surface area contributed by atoms with Gasteiger partial charge in [0.05, 0.1) is 27.5 Å². The first-order valence-electron chi connectivity index (χ1n) is 13.2. The molecule has 0 bridgehead atoms. The van der Waals surface area contributed by atoms with E-state index in [0.29, 0.717) is 58.1 Å². The number of nitrogens with two attached hydrogens (primary N) is 1. The zero-order valence-corrected chi connectivity index (χ0v) is 21.9. The number of fused-ring (bicyclic) bond motifs is 7. The molecule has 0 aliphatic carbocycles. The van der Waals surface area contributed by atoms with Crippen molar-refractivity contribution in [3.63, 3.8) is 0 Å². The number of benzene rings is 2. The Hall–Kier alpha value is -4.96. The van der Waals surface area contributed by atoms with Crippen LogP contribution in [0.5, 0.6) is 0 Å². The van der Waals surface area contributed by atoms with Crippen molar-refractivity contribution in [2.24, 2.45) is 5.73 Å². The van der Waals surface area contributed by atoms with Crippen molar-refractivity contribution in [2.45, 2.75) is 19.8 Å². The number of hydrogen-bond donors (Lipinski definition) is 4. The Balaban J connectivity index is 1.55. The van der Waals surface area contributed by atoms with E-state index in [1.54, 1.807) is 24.3 Å². The van der Waals surface area contributed by atoms with Crippen LogP contribution in [0.15, 0.2) is 59.4 Å². The maximum atomic E-state index is 13.6. The van der Waals surface area contributed by atoms with Gasteiger partial charge in [-0.2, -0.15) is 0 Å². The molecule has 6 aromatic rings. The van der Waals surface area contributed by atoms with Crippen LogP contribution in [0, 0.1) is 0 Å². The van der Waals surface area contributed by atoms with Gasteiger partial charge in [0.2, 0.25) is 0 Å². The van der Waals surface area contributed by atoms with E-state index in [9.17, 15) is 14.4 Å². The molecule has 0 radical (unpaired) electrons. The highest BCUT2D eigenvalue weighted by molar-refractivity contribution is 6.11. The zero-order chi connectivity index (χ0) is 27.8. The number of aromatic nitrogens is 4. The van der Waals surface area contributed by atoms with Gasteiger partial charge in [0.25, 0.3) is 11.8 Å². The molecular formula is C30H27N7O3. The number of hydrogen-bond acceptors (Lipinski definition) is 7. The summed E-state index contributed by atoms with van der Waals surface area (Å²) in [6.45, 7) is 3.30. The maximum Gasteiger partial charge on any atom is 0.269 e. The summed E-state index contributed by atoms with van der Waals surface area (Å²) in [5.74, 6) is -0.583. The largest absolute Gasteiger partial charge is 0.351 e. The van der Waals surface area contributed by atoms with E-state index < -0.39 is 0 Å². The summed E-state index contributed by atoms with van der Waals surface area (Å²) in [7, 11) is 0. The van der Waals surface area contributed by atoms with Crippen LogP contribution in [0.3, 0.4) is 0 Å². The first-order chi connectivity index (χ1) is 19.5. The van der Waals surface area contributed by atoms with Crippen LogP contribution in [-0.4, -0.2) is 51.4 Å². The number of nitrogens with one attached hydrogen (secondary N) is 3. The minimum absolute atomic E-state index is 0.192. The quantitative estimate of drug-likeness (QED) is 0.139. The average Bonchev–Trinajstić information content (AvgIpc) is 2.98. The summed E-state index contributed by atoms with van der Waals surface area (Å²) in [5, 5.41) is 8.81. The van der Waals surface area contributed by atoms with Gasteiger partial charge in [0.1, 0.15) is 17.0 Å². The lowest BCUT2D eigenvalue weighted by atomic mass is 10.1. The zero-order valence-electron chi connectivity index (χ0n) is 21.9. The molecule has 0 spiro atoms. The van der Waals surface area contributed by atoms with E-state index in [1.165, 1.54) is 0 Å². The Morgan fingerprint density at radius 3 is 2.10 bits per heavy atom. The molecule has 2 amide bonds. The third-order valence-electron chi connectivity index (χ3n) is 6.95. The lowest BCUT2D eigenvalue weighted by Gasteiger charge is -2.10. The van der Waals surface area contributed by atoms with Crippen molar-refractivity contribution in [1.29, 1.82) is 0 Å². The standard InChI is InChI=1S/C30H27N7O3/c1-2-3-13-32-29(39)21-11-8-17-6-9-19-26(24(17)35-21)37-28-20(27(19)38)15-18-5-4-16-7-10-22(30(40)33-14-12-31)34-23(16)25(18)36-28/h4-11,15H,2-3,12-14,31H2,1H3,(H,32,39)(H,33,40)(H,36,37,38). The van der Waals surface area contributed by atoms with Gasteiger partial charge in [0, 0.05) is 41.2 Å². The molecule has 0 saturated heterocycles. The molecule has 10 nitrogen and oxygen atoms in total. The summed E-state index contributed by atoms with van der Waals surface area (Å²) in [5.41, 5.74) is 8.32. The summed E-state index contributed by atoms with van der Waals surface area (Å²) >= 11 is 0. The van der Waals surface area contributed by atoms with Gasteiger partial charge in [-0.25, -0.2) is 15.0 Å². The minimum atomic E-state index is -0.323. The van der Waals surface area contributed by atoms with Crippen molar-refractivity contribution >= 4 is 66.5 Å². The van der Waals surface area contributed by atoms with Gasteiger partial charge >= 0.3 is 0 Å². The van der Waals surface area contributed by atoms with E-state index in [-0.39, 0.29) is 28.6 Å². The van der Waals surface area contributed by atoms with E-state index in [4.69, 9.17) is 10.7 Å². The second-order valence-electron chi connectivity index (χ2n) is 9.65. The first-order valence-corrected chi connectivity index (χ1v) is 13.2. The molecule has 4 aromatic heterocycles. The van der Waals surface area contributed by atoms with Crippen LogP contribution in [0.1, 0.15) is 40.7 Å². The average molecular weight is 534 g/mol. The summed E-state index contributed by atoms with van der Waals surface area (Å²) in [4.78, 5) is 56.2. The number of rotatable bonds is 7. The van der Waals surface area contributed by atoms with E-state index in [0.717, 1.165) is 29.0 Å². The predicted octanol–water partition coefficient (Wildman–Crippen LogP) is 3.54. The molecule has 2 aromatic carbocycles. The van der Waals surface area contributed by atoms with Crippen molar-refractivity contribution in [1.82, 2.24) is 30.6 Å². The van der Waals surface area contributed by atoms with Crippen molar-refractivity contribution < 1.29 is 9.59 Å². The molecule has 0 aliphatic heterocycles. The highest BCUT2D eigenvalue weighted by Crippen LogP contribution is 2.27. The van der Waals surface area contributed by atoms with Gasteiger partial charge in [0.15, 0.2) is 5.43 Å². The lowest BCUT2D eigenvalue weighted by Crippen LogP contribution is -2.29. The van der Waals surface area contributed by atoms with Gasteiger partial charge in [-0.15, -0.1) is 0 Å².